The summed E-state index contributed by atoms with van der Waals surface area (Å²) in [4.78, 5) is 25.3. The van der Waals surface area contributed by atoms with E-state index in [1.165, 1.54) is 12.3 Å². The lowest BCUT2D eigenvalue weighted by Crippen LogP contribution is -2.41. The van der Waals surface area contributed by atoms with Crippen molar-refractivity contribution in [3.8, 4) is 0 Å². The molecule has 1 saturated heterocycles. The third kappa shape index (κ3) is 5.86. The van der Waals surface area contributed by atoms with E-state index in [9.17, 15) is 9.59 Å². The average molecular weight is 338 g/mol. The summed E-state index contributed by atoms with van der Waals surface area (Å²) in [5.74, 6) is 0.195. The molecule has 134 valence electrons. The molecule has 0 aliphatic carbocycles. The maximum absolute atomic E-state index is 12.0. The number of piperidine rings is 1. The molecular weight excluding hydrogens is 312 g/mol. The molecule has 1 aromatic rings. The Balaban J connectivity index is 1.60. The molecule has 0 atom stereocenters. The van der Waals surface area contributed by atoms with Crippen molar-refractivity contribution in [2.24, 2.45) is 5.92 Å². The zero-order chi connectivity index (χ0) is 17.6. The van der Waals surface area contributed by atoms with Gasteiger partial charge in [-0.2, -0.15) is 0 Å². The van der Waals surface area contributed by atoms with E-state index >= 15 is 0 Å². The van der Waals surface area contributed by atoms with Gasteiger partial charge in [-0.1, -0.05) is 5.16 Å². The second-order valence-corrected chi connectivity index (χ2v) is 7.07. The maximum Gasteiger partial charge on any atom is 0.410 e. The van der Waals surface area contributed by atoms with Crippen molar-refractivity contribution in [3.63, 3.8) is 0 Å². The first-order valence-corrected chi connectivity index (χ1v) is 8.41. The molecule has 1 aliphatic rings. The van der Waals surface area contributed by atoms with Crippen molar-refractivity contribution in [2.75, 3.05) is 19.7 Å². The summed E-state index contributed by atoms with van der Waals surface area (Å²) < 4.78 is 15.3. The van der Waals surface area contributed by atoms with Gasteiger partial charge < -0.3 is 18.9 Å². The summed E-state index contributed by atoms with van der Waals surface area (Å²) in [5.41, 5.74) is -0.457. The lowest BCUT2D eigenvalue weighted by molar-refractivity contribution is 0.0174. The molecule has 2 heterocycles. The van der Waals surface area contributed by atoms with Gasteiger partial charge in [-0.05, 0) is 52.4 Å². The molecule has 0 unspecified atom stereocenters. The van der Waals surface area contributed by atoms with Gasteiger partial charge in [0.15, 0.2) is 0 Å². The smallest absolute Gasteiger partial charge is 0.410 e. The van der Waals surface area contributed by atoms with Crippen LogP contribution in [-0.4, -0.2) is 47.4 Å². The van der Waals surface area contributed by atoms with Gasteiger partial charge in [0.1, 0.15) is 5.60 Å². The van der Waals surface area contributed by atoms with Crippen molar-refractivity contribution in [1.29, 1.82) is 0 Å². The Morgan fingerprint density at radius 1 is 1.33 bits per heavy atom. The van der Waals surface area contributed by atoms with Crippen LogP contribution in [0.4, 0.5) is 4.79 Å². The molecule has 0 aromatic carbocycles. The fourth-order valence-electron chi connectivity index (χ4n) is 2.66. The number of rotatable bonds is 5. The highest BCUT2D eigenvalue weighted by Crippen LogP contribution is 2.23. The first-order valence-electron chi connectivity index (χ1n) is 8.41. The van der Waals surface area contributed by atoms with Gasteiger partial charge in [-0.25, -0.2) is 9.59 Å². The summed E-state index contributed by atoms with van der Waals surface area (Å²) in [7, 11) is 0. The first kappa shape index (κ1) is 18.3. The minimum absolute atomic E-state index is 0.126. The minimum Gasteiger partial charge on any atom is -0.460 e. The number of carbonyl (C=O) groups excluding carboxylic acids is 2. The van der Waals surface area contributed by atoms with Crippen LogP contribution in [0.3, 0.4) is 0 Å². The topological polar surface area (TPSA) is 81.9 Å². The molecule has 0 saturated carbocycles. The van der Waals surface area contributed by atoms with Gasteiger partial charge in [0.2, 0.25) is 5.76 Å². The van der Waals surface area contributed by atoms with Crippen molar-refractivity contribution >= 4 is 12.1 Å². The second kappa shape index (κ2) is 8.17. The Bertz CT molecular complexity index is 528. The molecular formula is C17H26N2O5. The van der Waals surface area contributed by atoms with Crippen LogP contribution in [0.15, 0.2) is 16.8 Å². The van der Waals surface area contributed by atoms with E-state index in [4.69, 9.17) is 14.0 Å². The molecule has 0 spiro atoms. The van der Waals surface area contributed by atoms with Gasteiger partial charge >= 0.3 is 12.1 Å². The number of likely N-dealkylation sites (tertiary alicyclic amines) is 1. The SMILES string of the molecule is CC(C)(C)OC(=O)N1CCC(CCCOC(=O)c2ccno2)CC1. The minimum atomic E-state index is -0.479. The number of amides is 1. The van der Waals surface area contributed by atoms with Gasteiger partial charge in [0.25, 0.3) is 0 Å². The molecule has 1 fully saturated rings. The van der Waals surface area contributed by atoms with Crippen molar-refractivity contribution in [3.05, 3.63) is 18.0 Å². The van der Waals surface area contributed by atoms with E-state index in [0.717, 1.165) is 38.8 Å². The fourth-order valence-corrected chi connectivity index (χ4v) is 2.66. The van der Waals surface area contributed by atoms with Crippen molar-refractivity contribution < 1.29 is 23.6 Å². The van der Waals surface area contributed by atoms with Crippen LogP contribution in [0, 0.1) is 5.92 Å². The lowest BCUT2D eigenvalue weighted by Gasteiger charge is -2.33. The predicted octanol–water partition coefficient (Wildman–Crippen LogP) is 3.26. The monoisotopic (exact) mass is 338 g/mol. The van der Waals surface area contributed by atoms with E-state index in [2.05, 4.69) is 5.16 Å². The fraction of sp³-hybridized carbons (Fsp3) is 0.706. The predicted molar refractivity (Wildman–Crippen MR) is 86.6 cm³/mol. The van der Waals surface area contributed by atoms with E-state index < -0.39 is 11.6 Å². The van der Waals surface area contributed by atoms with Crippen LogP contribution < -0.4 is 0 Å². The summed E-state index contributed by atoms with van der Waals surface area (Å²) in [6.45, 7) is 7.42. The number of aromatic nitrogens is 1. The van der Waals surface area contributed by atoms with E-state index in [1.807, 2.05) is 20.8 Å². The van der Waals surface area contributed by atoms with E-state index in [-0.39, 0.29) is 11.9 Å². The third-order valence-electron chi connectivity index (χ3n) is 3.90. The molecule has 7 nitrogen and oxygen atoms in total. The molecule has 7 heteroatoms. The lowest BCUT2D eigenvalue weighted by atomic mass is 9.92. The Morgan fingerprint density at radius 3 is 2.62 bits per heavy atom. The molecule has 0 radical (unpaired) electrons. The first-order chi connectivity index (χ1) is 11.3. The van der Waals surface area contributed by atoms with Gasteiger partial charge in [-0.3, -0.25) is 0 Å². The zero-order valence-electron chi connectivity index (χ0n) is 14.6. The van der Waals surface area contributed by atoms with Gasteiger partial charge in [0, 0.05) is 19.2 Å². The standard InChI is InChI=1S/C17H26N2O5/c1-17(2,3)23-16(21)19-10-7-13(8-11-19)5-4-12-22-15(20)14-6-9-18-24-14/h6,9,13H,4-5,7-8,10-12H2,1-3H3. The number of hydrogen-bond donors (Lipinski definition) is 0. The zero-order valence-corrected chi connectivity index (χ0v) is 14.6. The highest BCUT2D eigenvalue weighted by Gasteiger charge is 2.26. The summed E-state index contributed by atoms with van der Waals surface area (Å²) in [6, 6.07) is 1.48. The number of esters is 1. The quantitative estimate of drug-likeness (QED) is 0.605. The largest absolute Gasteiger partial charge is 0.460 e. The van der Waals surface area contributed by atoms with Crippen LogP contribution >= 0.6 is 0 Å². The average Bonchev–Trinajstić information content (AvgIpc) is 3.04. The Hall–Kier alpha value is -2.05. The molecule has 0 bridgehead atoms. The van der Waals surface area contributed by atoms with Gasteiger partial charge in [-0.15, -0.1) is 0 Å². The Labute approximate surface area is 142 Å². The number of nitrogens with zero attached hydrogens (tertiary/aromatic N) is 2. The molecule has 2 rings (SSSR count). The molecule has 0 N–H and O–H groups in total. The summed E-state index contributed by atoms with van der Waals surface area (Å²) >= 11 is 0. The van der Waals surface area contributed by atoms with Crippen LogP contribution in [0.1, 0.15) is 57.0 Å². The van der Waals surface area contributed by atoms with Crippen LogP contribution in [0.2, 0.25) is 0 Å². The van der Waals surface area contributed by atoms with Crippen molar-refractivity contribution in [1.82, 2.24) is 10.1 Å². The van der Waals surface area contributed by atoms with Gasteiger partial charge in [0.05, 0.1) is 12.8 Å². The third-order valence-corrected chi connectivity index (χ3v) is 3.90. The van der Waals surface area contributed by atoms with E-state index in [1.54, 1.807) is 4.90 Å². The Kier molecular flexibility index (Phi) is 6.23. The second-order valence-electron chi connectivity index (χ2n) is 7.07. The summed E-state index contributed by atoms with van der Waals surface area (Å²) in [5, 5.41) is 3.47. The van der Waals surface area contributed by atoms with Crippen LogP contribution in [-0.2, 0) is 9.47 Å². The van der Waals surface area contributed by atoms with Crippen molar-refractivity contribution in [2.45, 2.75) is 52.1 Å². The molecule has 1 amide bonds. The molecule has 1 aliphatic heterocycles. The summed E-state index contributed by atoms with van der Waals surface area (Å²) in [6.07, 6.45) is 4.87. The van der Waals surface area contributed by atoms with Crippen LogP contribution in [0.25, 0.3) is 0 Å². The molecule has 24 heavy (non-hydrogen) atoms. The molecule has 1 aromatic heterocycles. The number of carbonyl (C=O) groups is 2. The number of hydrogen-bond acceptors (Lipinski definition) is 6. The highest BCUT2D eigenvalue weighted by atomic mass is 16.6. The van der Waals surface area contributed by atoms with Crippen LogP contribution in [0.5, 0.6) is 0 Å². The normalized spacial score (nSPS) is 16.0. The number of ether oxygens (including phenoxy) is 2. The highest BCUT2D eigenvalue weighted by molar-refractivity contribution is 5.85. The Morgan fingerprint density at radius 2 is 2.04 bits per heavy atom. The van der Waals surface area contributed by atoms with E-state index in [0.29, 0.717) is 12.5 Å². The maximum atomic E-state index is 12.0.